The molecule has 8 atom stereocenters. The molecule has 3 fully saturated rings. The first-order valence-corrected chi connectivity index (χ1v) is 10.1. The zero-order valence-corrected chi connectivity index (χ0v) is 15.8. The highest BCUT2D eigenvalue weighted by Crippen LogP contribution is 2.67. The smallest absolute Gasteiger partial charge is 0.293 e. The quantitative estimate of drug-likeness (QED) is 0.546. The summed E-state index contributed by atoms with van der Waals surface area (Å²) in [4.78, 5) is 10.8. The Kier molecular flexibility index (Phi) is 4.14. The van der Waals surface area contributed by atoms with Crippen molar-refractivity contribution >= 4 is 6.47 Å². The lowest BCUT2D eigenvalue weighted by Gasteiger charge is -2.58. The Labute approximate surface area is 156 Å². The zero-order valence-electron chi connectivity index (χ0n) is 15.8. The zero-order chi connectivity index (χ0) is 18.5. The van der Waals surface area contributed by atoms with Gasteiger partial charge in [0.15, 0.2) is 0 Å². The van der Waals surface area contributed by atoms with Crippen LogP contribution in [0.5, 0.6) is 0 Å². The van der Waals surface area contributed by atoms with E-state index in [9.17, 15) is 15.3 Å². The number of rotatable bonds is 2. The lowest BCUT2D eigenvalue weighted by atomic mass is 9.45. The van der Waals surface area contributed by atoms with Crippen LogP contribution in [0.2, 0.25) is 0 Å². The van der Waals surface area contributed by atoms with Crippen LogP contribution in [0.4, 0.5) is 0 Å². The summed E-state index contributed by atoms with van der Waals surface area (Å²) in [5.41, 5.74) is 1.53. The Hall–Kier alpha value is -1.81. The van der Waals surface area contributed by atoms with E-state index in [2.05, 4.69) is 32.1 Å². The van der Waals surface area contributed by atoms with Gasteiger partial charge in [-0.15, -0.1) is 0 Å². The number of hydrogen-bond acceptors (Lipinski definition) is 4. The fourth-order valence-electron chi connectivity index (χ4n) is 7.18. The Morgan fingerprint density at radius 2 is 1.92 bits per heavy atom. The van der Waals surface area contributed by atoms with Crippen LogP contribution in [-0.2, 0) is 9.53 Å². The molecule has 0 amide bonds. The average Bonchev–Trinajstić information content (AvgIpc) is 2.98. The van der Waals surface area contributed by atoms with Gasteiger partial charge in [-0.2, -0.15) is 10.5 Å². The van der Waals surface area contributed by atoms with Crippen molar-refractivity contribution in [1.29, 1.82) is 10.5 Å². The maximum atomic E-state index is 10.8. The van der Waals surface area contributed by atoms with E-state index in [0.29, 0.717) is 24.2 Å². The van der Waals surface area contributed by atoms with Crippen molar-refractivity contribution in [3.05, 3.63) is 11.6 Å². The molecule has 4 aliphatic rings. The lowest BCUT2D eigenvalue weighted by molar-refractivity contribution is -0.136. The van der Waals surface area contributed by atoms with E-state index in [1.165, 1.54) is 5.57 Å². The standard InChI is InChI=1S/C22H28N2O2/c1-21-8-6-19-20(18(21)4-3-15(21)12-24)14(11-23)9-16-10-17(26-13-25)5-7-22(16,19)2/h9,13-15,17-20H,3-8,10H2,1-2H3. The third-order valence-corrected chi connectivity index (χ3v) is 8.67. The molecule has 3 saturated carbocycles. The van der Waals surface area contributed by atoms with Crippen LogP contribution in [-0.4, -0.2) is 12.6 Å². The fourth-order valence-corrected chi connectivity index (χ4v) is 7.18. The first-order chi connectivity index (χ1) is 12.5. The number of nitriles is 2. The van der Waals surface area contributed by atoms with Gasteiger partial charge in [-0.1, -0.05) is 25.5 Å². The van der Waals surface area contributed by atoms with Gasteiger partial charge in [-0.3, -0.25) is 4.79 Å². The molecular formula is C22H28N2O2. The van der Waals surface area contributed by atoms with Gasteiger partial charge in [0.2, 0.25) is 0 Å². The topological polar surface area (TPSA) is 73.9 Å². The minimum absolute atomic E-state index is 0.0361. The van der Waals surface area contributed by atoms with Crippen LogP contribution in [0, 0.1) is 63.1 Å². The Morgan fingerprint density at radius 3 is 2.62 bits per heavy atom. The number of nitrogens with zero attached hydrogens (tertiary/aromatic N) is 2. The Bertz CT molecular complexity index is 717. The maximum absolute atomic E-state index is 10.8. The third-order valence-electron chi connectivity index (χ3n) is 8.67. The molecule has 4 heteroatoms. The van der Waals surface area contributed by atoms with Crippen LogP contribution in [0.3, 0.4) is 0 Å². The van der Waals surface area contributed by atoms with Crippen LogP contribution in [0.15, 0.2) is 11.6 Å². The summed E-state index contributed by atoms with van der Waals surface area (Å²) in [6.07, 6.45) is 9.19. The molecule has 0 aromatic rings. The molecule has 0 aliphatic heterocycles. The van der Waals surface area contributed by atoms with Crippen molar-refractivity contribution in [2.45, 2.75) is 64.9 Å². The number of carbonyl (C=O) groups is 1. The summed E-state index contributed by atoms with van der Waals surface area (Å²) >= 11 is 0. The lowest BCUT2D eigenvalue weighted by Crippen LogP contribution is -2.53. The molecule has 0 heterocycles. The molecular weight excluding hydrogens is 324 g/mol. The minimum Gasteiger partial charge on any atom is -0.464 e. The summed E-state index contributed by atoms with van der Waals surface area (Å²) < 4.78 is 5.26. The predicted molar refractivity (Wildman–Crippen MR) is 96.2 cm³/mol. The molecule has 8 unspecified atom stereocenters. The molecule has 0 aromatic heterocycles. The van der Waals surface area contributed by atoms with Crippen LogP contribution >= 0.6 is 0 Å². The molecule has 0 spiro atoms. The monoisotopic (exact) mass is 352 g/mol. The van der Waals surface area contributed by atoms with E-state index < -0.39 is 0 Å². The van der Waals surface area contributed by atoms with Gasteiger partial charge in [0.05, 0.1) is 24.0 Å². The van der Waals surface area contributed by atoms with Crippen LogP contribution in [0.1, 0.15) is 58.8 Å². The van der Waals surface area contributed by atoms with Crippen LogP contribution in [0.25, 0.3) is 0 Å². The first kappa shape index (κ1) is 17.6. The SMILES string of the molecule is CC12CCC(OC=O)CC1=CC(C#N)C1C2CCC2(C)C(C#N)CCC12. The number of hydrogen-bond donors (Lipinski definition) is 0. The van der Waals surface area contributed by atoms with Gasteiger partial charge in [0, 0.05) is 6.42 Å². The van der Waals surface area contributed by atoms with Gasteiger partial charge >= 0.3 is 0 Å². The highest BCUT2D eigenvalue weighted by molar-refractivity contribution is 5.38. The molecule has 0 N–H and O–H groups in total. The fraction of sp³-hybridized carbons (Fsp3) is 0.773. The molecule has 4 aliphatic carbocycles. The van der Waals surface area contributed by atoms with Crippen molar-refractivity contribution in [3.8, 4) is 12.1 Å². The van der Waals surface area contributed by atoms with E-state index in [0.717, 1.165) is 44.9 Å². The van der Waals surface area contributed by atoms with Crippen molar-refractivity contribution in [3.63, 3.8) is 0 Å². The molecule has 0 aromatic carbocycles. The number of ether oxygens (including phenoxy) is 1. The van der Waals surface area contributed by atoms with E-state index in [1.54, 1.807) is 0 Å². The van der Waals surface area contributed by atoms with Gasteiger partial charge in [0.25, 0.3) is 6.47 Å². The predicted octanol–water partition coefficient (Wildman–Crippen LogP) is 4.38. The van der Waals surface area contributed by atoms with Crippen molar-refractivity contribution in [2.75, 3.05) is 0 Å². The van der Waals surface area contributed by atoms with Crippen molar-refractivity contribution in [1.82, 2.24) is 0 Å². The average molecular weight is 352 g/mol. The van der Waals surface area contributed by atoms with E-state index >= 15 is 0 Å². The van der Waals surface area contributed by atoms with E-state index in [-0.39, 0.29) is 28.8 Å². The molecule has 138 valence electrons. The van der Waals surface area contributed by atoms with E-state index in [4.69, 9.17) is 4.74 Å². The van der Waals surface area contributed by atoms with Gasteiger partial charge < -0.3 is 4.74 Å². The molecule has 0 bridgehead atoms. The number of fused-ring (bicyclic) bond motifs is 5. The molecule has 0 saturated heterocycles. The Balaban J connectivity index is 1.71. The third kappa shape index (κ3) is 2.27. The van der Waals surface area contributed by atoms with Crippen molar-refractivity contribution in [2.24, 2.45) is 40.4 Å². The second kappa shape index (κ2) is 6.12. The second-order valence-electron chi connectivity index (χ2n) is 9.46. The molecule has 0 radical (unpaired) electrons. The highest BCUT2D eigenvalue weighted by Gasteiger charge is 2.61. The summed E-state index contributed by atoms with van der Waals surface area (Å²) in [6, 6.07) is 5.16. The van der Waals surface area contributed by atoms with Crippen LogP contribution < -0.4 is 0 Å². The number of carbonyl (C=O) groups excluding carboxylic acids is 1. The minimum atomic E-state index is -0.0693. The largest absolute Gasteiger partial charge is 0.464 e. The Morgan fingerprint density at radius 1 is 1.12 bits per heavy atom. The summed E-state index contributed by atoms with van der Waals surface area (Å²) in [7, 11) is 0. The summed E-state index contributed by atoms with van der Waals surface area (Å²) in [6.45, 7) is 5.24. The first-order valence-electron chi connectivity index (χ1n) is 10.1. The van der Waals surface area contributed by atoms with E-state index in [1.807, 2.05) is 0 Å². The summed E-state index contributed by atoms with van der Waals surface area (Å²) in [5, 5.41) is 19.6. The summed E-state index contributed by atoms with van der Waals surface area (Å²) in [5.74, 6) is 1.44. The maximum Gasteiger partial charge on any atom is 0.293 e. The second-order valence-corrected chi connectivity index (χ2v) is 9.46. The highest BCUT2D eigenvalue weighted by atomic mass is 16.5. The van der Waals surface area contributed by atoms with Gasteiger partial charge in [-0.05, 0) is 67.1 Å². The molecule has 4 nitrogen and oxygen atoms in total. The van der Waals surface area contributed by atoms with Crippen molar-refractivity contribution < 1.29 is 9.53 Å². The molecule has 26 heavy (non-hydrogen) atoms. The van der Waals surface area contributed by atoms with Gasteiger partial charge in [0.1, 0.15) is 6.10 Å². The number of allylic oxidation sites excluding steroid dienone is 1. The normalized spacial score (nSPS) is 49.5. The van der Waals surface area contributed by atoms with Gasteiger partial charge in [-0.25, -0.2) is 0 Å². The molecule has 4 rings (SSSR count).